The molecule has 28 heavy (non-hydrogen) atoms. The maximum Gasteiger partial charge on any atom is 0.191 e. The van der Waals surface area contributed by atoms with Gasteiger partial charge in [-0.15, -0.1) is 46.7 Å². The zero-order valence-corrected chi connectivity index (χ0v) is 21.2. The summed E-state index contributed by atoms with van der Waals surface area (Å²) in [6, 6.07) is 9.75. The highest BCUT2D eigenvalue weighted by Crippen LogP contribution is 2.36. The van der Waals surface area contributed by atoms with E-state index in [-0.39, 0.29) is 24.0 Å². The first-order valence-corrected chi connectivity index (χ1v) is 11.5. The van der Waals surface area contributed by atoms with Crippen LogP contribution in [0.5, 0.6) is 0 Å². The van der Waals surface area contributed by atoms with Crippen molar-refractivity contribution < 1.29 is 0 Å². The minimum atomic E-state index is 0. The van der Waals surface area contributed by atoms with Crippen LogP contribution in [-0.4, -0.2) is 44.1 Å². The van der Waals surface area contributed by atoms with Crippen LogP contribution in [0.2, 0.25) is 0 Å². The van der Waals surface area contributed by atoms with Crippen molar-refractivity contribution in [2.45, 2.75) is 45.2 Å². The lowest BCUT2D eigenvalue weighted by atomic mass is 9.88. The minimum Gasteiger partial charge on any atom is -0.356 e. The molecule has 1 aliphatic heterocycles. The summed E-state index contributed by atoms with van der Waals surface area (Å²) in [5, 5.41) is 9.34. The Morgan fingerprint density at radius 1 is 1.36 bits per heavy atom. The molecule has 4 nitrogen and oxygen atoms in total. The van der Waals surface area contributed by atoms with E-state index in [0.29, 0.717) is 18.0 Å². The van der Waals surface area contributed by atoms with E-state index in [9.17, 15) is 0 Å². The van der Waals surface area contributed by atoms with Gasteiger partial charge in [-0.05, 0) is 69.8 Å². The normalized spacial score (nSPS) is 21.8. The summed E-state index contributed by atoms with van der Waals surface area (Å²) < 4.78 is 0. The average Bonchev–Trinajstić information content (AvgIpc) is 3.30. The van der Waals surface area contributed by atoms with Crippen molar-refractivity contribution >= 4 is 52.6 Å². The maximum absolute atomic E-state index is 4.45. The van der Waals surface area contributed by atoms with E-state index in [4.69, 9.17) is 0 Å². The van der Waals surface area contributed by atoms with E-state index in [1.807, 2.05) is 29.7 Å². The van der Waals surface area contributed by atoms with Gasteiger partial charge in [-0.2, -0.15) is 0 Å². The van der Waals surface area contributed by atoms with Gasteiger partial charge < -0.3 is 10.6 Å². The van der Waals surface area contributed by atoms with Crippen LogP contribution in [0.3, 0.4) is 0 Å². The molecule has 1 saturated heterocycles. The van der Waals surface area contributed by atoms with E-state index < -0.39 is 0 Å². The number of thiophene rings is 2. The molecule has 0 aromatic carbocycles. The van der Waals surface area contributed by atoms with E-state index in [0.717, 1.165) is 18.9 Å². The Hall–Kier alpha value is -0.640. The maximum atomic E-state index is 4.45. The Kier molecular flexibility index (Phi) is 9.73. The van der Waals surface area contributed by atoms with Crippen LogP contribution in [0.1, 0.15) is 40.4 Å². The number of hydrogen-bond donors (Lipinski definition) is 2. The van der Waals surface area contributed by atoms with Crippen LogP contribution >= 0.6 is 46.7 Å². The number of nitrogens with zero attached hydrogens (tertiary/aromatic N) is 2. The third kappa shape index (κ3) is 6.43. The number of piperidine rings is 1. The van der Waals surface area contributed by atoms with E-state index in [1.54, 1.807) is 0 Å². The lowest BCUT2D eigenvalue weighted by molar-refractivity contribution is 0.125. The quantitative estimate of drug-likeness (QED) is 0.316. The van der Waals surface area contributed by atoms with Crippen LogP contribution in [-0.2, 0) is 6.42 Å². The fraction of sp³-hybridized carbons (Fsp3) is 0.571. The molecule has 0 amide bonds. The first-order valence-electron chi connectivity index (χ1n) is 9.83. The first-order chi connectivity index (χ1) is 13.1. The van der Waals surface area contributed by atoms with Crippen molar-refractivity contribution in [3.8, 4) is 0 Å². The molecular weight excluding hydrogens is 499 g/mol. The molecule has 0 radical (unpaired) electrons. The molecule has 0 spiro atoms. The van der Waals surface area contributed by atoms with Crippen molar-refractivity contribution in [1.82, 2.24) is 15.5 Å². The van der Waals surface area contributed by atoms with Crippen LogP contribution in [0.15, 0.2) is 34.6 Å². The molecule has 3 heterocycles. The monoisotopic (exact) mass is 532 g/mol. The van der Waals surface area contributed by atoms with Gasteiger partial charge in [0.05, 0.1) is 0 Å². The fourth-order valence-electron chi connectivity index (χ4n) is 3.99. The van der Waals surface area contributed by atoms with Crippen molar-refractivity contribution in [2.24, 2.45) is 10.9 Å². The summed E-state index contributed by atoms with van der Waals surface area (Å²) >= 11 is 3.76. The smallest absolute Gasteiger partial charge is 0.191 e. The number of nitrogens with one attached hydrogen (secondary N) is 2. The molecule has 156 valence electrons. The standard InChI is InChI=1S/C21H32N4S2.HI/c1-15(13-18-10-9-16(2)27-18)24-21(22-3)23-14-17-7-5-11-25(4)20(17)19-8-6-12-26-19;/h6,8-10,12,15,17,20H,5,7,11,13-14H2,1-4H3,(H2,22,23,24);1H. The van der Waals surface area contributed by atoms with Gasteiger partial charge in [-0.1, -0.05) is 6.07 Å². The number of hydrogen-bond acceptors (Lipinski definition) is 4. The minimum absolute atomic E-state index is 0. The van der Waals surface area contributed by atoms with Gasteiger partial charge in [0.2, 0.25) is 0 Å². The molecule has 3 atom stereocenters. The summed E-state index contributed by atoms with van der Waals surface area (Å²) in [4.78, 5) is 11.2. The second kappa shape index (κ2) is 11.5. The van der Waals surface area contributed by atoms with Crippen LogP contribution in [0, 0.1) is 12.8 Å². The van der Waals surface area contributed by atoms with Crippen molar-refractivity contribution in [3.63, 3.8) is 0 Å². The predicted octanol–water partition coefficient (Wildman–Crippen LogP) is 4.92. The highest BCUT2D eigenvalue weighted by Gasteiger charge is 2.31. The number of rotatable bonds is 6. The number of aryl methyl sites for hydroxylation is 1. The van der Waals surface area contributed by atoms with Gasteiger partial charge in [0.25, 0.3) is 0 Å². The summed E-state index contributed by atoms with van der Waals surface area (Å²) in [6.45, 7) is 6.53. The largest absolute Gasteiger partial charge is 0.356 e. The summed E-state index contributed by atoms with van der Waals surface area (Å²) in [5.41, 5.74) is 0. The van der Waals surface area contributed by atoms with Crippen molar-refractivity contribution in [1.29, 1.82) is 0 Å². The third-order valence-electron chi connectivity index (χ3n) is 5.28. The van der Waals surface area contributed by atoms with Gasteiger partial charge in [-0.25, -0.2) is 0 Å². The summed E-state index contributed by atoms with van der Waals surface area (Å²) in [5.74, 6) is 1.52. The Bertz CT molecular complexity index is 729. The Morgan fingerprint density at radius 3 is 2.82 bits per heavy atom. The molecule has 1 fully saturated rings. The molecule has 0 saturated carbocycles. The van der Waals surface area contributed by atoms with Crippen LogP contribution in [0.25, 0.3) is 0 Å². The molecule has 0 aliphatic carbocycles. The van der Waals surface area contributed by atoms with Gasteiger partial charge in [0.1, 0.15) is 0 Å². The van der Waals surface area contributed by atoms with Gasteiger partial charge >= 0.3 is 0 Å². The van der Waals surface area contributed by atoms with E-state index in [1.165, 1.54) is 34.0 Å². The second-order valence-electron chi connectivity index (χ2n) is 7.56. The molecule has 7 heteroatoms. The predicted molar refractivity (Wildman–Crippen MR) is 135 cm³/mol. The molecular formula is C21H33IN4S2. The molecule has 2 aromatic rings. The number of halogens is 1. The molecule has 3 unspecified atom stereocenters. The highest BCUT2D eigenvalue weighted by atomic mass is 127. The molecule has 1 aliphatic rings. The third-order valence-corrected chi connectivity index (χ3v) is 7.25. The molecule has 2 aromatic heterocycles. The highest BCUT2D eigenvalue weighted by molar-refractivity contribution is 14.0. The SMILES string of the molecule is CN=C(NCC1CCCN(C)C1c1cccs1)NC(C)Cc1ccc(C)s1.I. The van der Waals surface area contributed by atoms with Crippen molar-refractivity contribution in [2.75, 3.05) is 27.2 Å². The number of aliphatic imine (C=N–C) groups is 1. The summed E-state index contributed by atoms with van der Waals surface area (Å²) in [7, 11) is 4.12. The second-order valence-corrected chi connectivity index (χ2v) is 9.91. The van der Waals surface area contributed by atoms with Gasteiger partial charge in [0, 0.05) is 46.7 Å². The number of guanidine groups is 1. The topological polar surface area (TPSA) is 39.7 Å². The average molecular weight is 533 g/mol. The van der Waals surface area contributed by atoms with E-state index >= 15 is 0 Å². The Labute approximate surface area is 194 Å². The van der Waals surface area contributed by atoms with E-state index in [2.05, 4.69) is 71.1 Å². The fourth-order valence-corrected chi connectivity index (χ4v) is 5.99. The van der Waals surface area contributed by atoms with Crippen LogP contribution < -0.4 is 10.6 Å². The molecule has 3 rings (SSSR count). The summed E-state index contributed by atoms with van der Waals surface area (Å²) in [6.07, 6.45) is 3.56. The van der Waals surface area contributed by atoms with Crippen molar-refractivity contribution in [3.05, 3.63) is 44.3 Å². The van der Waals surface area contributed by atoms with Gasteiger partial charge in [-0.3, -0.25) is 9.89 Å². The Morgan fingerprint density at radius 2 is 2.18 bits per heavy atom. The lowest BCUT2D eigenvalue weighted by Gasteiger charge is -2.39. The lowest BCUT2D eigenvalue weighted by Crippen LogP contribution is -2.47. The zero-order chi connectivity index (χ0) is 19.2. The first kappa shape index (κ1) is 23.6. The Balaban J connectivity index is 0.00000280. The van der Waals surface area contributed by atoms with Crippen LogP contribution in [0.4, 0.5) is 0 Å². The zero-order valence-electron chi connectivity index (χ0n) is 17.3. The van der Waals surface area contributed by atoms with Gasteiger partial charge in [0.15, 0.2) is 5.96 Å². The number of likely N-dealkylation sites (tertiary alicyclic amines) is 1. The molecule has 2 N–H and O–H groups in total. The molecule has 0 bridgehead atoms.